The largest absolute Gasteiger partial charge is 0.481 e. The molecule has 0 bridgehead atoms. The highest BCUT2D eigenvalue weighted by molar-refractivity contribution is 6.00. The molecule has 0 saturated carbocycles. The molecular weight excluding hydrogens is 272 g/mol. The zero-order valence-electron chi connectivity index (χ0n) is 12.9. The van der Waals surface area contributed by atoms with Crippen LogP contribution in [-0.4, -0.2) is 36.9 Å². The first-order valence-corrected chi connectivity index (χ1v) is 7.14. The van der Waals surface area contributed by atoms with Gasteiger partial charge in [-0.1, -0.05) is 5.57 Å². The molecule has 5 heteroatoms. The van der Waals surface area contributed by atoms with Gasteiger partial charge in [0, 0.05) is 13.5 Å². The number of carboxylic acid groups (broad SMARTS) is 1. The first kappa shape index (κ1) is 17.6. The first-order chi connectivity index (χ1) is 9.92. The average molecular weight is 296 g/mol. The molecule has 1 aliphatic carbocycles. The molecule has 0 saturated heterocycles. The van der Waals surface area contributed by atoms with Crippen LogP contribution in [0.2, 0.25) is 0 Å². The zero-order chi connectivity index (χ0) is 15.8. The van der Waals surface area contributed by atoms with Crippen LogP contribution >= 0.6 is 0 Å². The number of rotatable bonds is 5. The maximum atomic E-state index is 11.9. The lowest BCUT2D eigenvalue weighted by atomic mass is 9.88. The van der Waals surface area contributed by atoms with Crippen LogP contribution in [0.25, 0.3) is 0 Å². The predicted molar refractivity (Wildman–Crippen MR) is 78.9 cm³/mol. The summed E-state index contributed by atoms with van der Waals surface area (Å²) >= 11 is 0. The van der Waals surface area contributed by atoms with Crippen LogP contribution in [0.15, 0.2) is 23.3 Å². The van der Waals surface area contributed by atoms with E-state index in [1.165, 1.54) is 7.11 Å². The maximum Gasteiger partial charge on any atom is 0.303 e. The molecule has 0 spiro atoms. The molecule has 0 heterocycles. The SMILES string of the molecule is COCO[C@H]1C[C@H](CC(=O)O)CC/C(C)=C/C(=O)/C=C\1C. The number of allylic oxidation sites excluding steroid dienone is 3. The second kappa shape index (κ2) is 8.74. The summed E-state index contributed by atoms with van der Waals surface area (Å²) in [5.41, 5.74) is 1.79. The van der Waals surface area contributed by atoms with E-state index in [4.69, 9.17) is 14.6 Å². The number of carboxylic acids is 1. The molecule has 118 valence electrons. The summed E-state index contributed by atoms with van der Waals surface area (Å²) in [6, 6.07) is 0. The van der Waals surface area contributed by atoms with E-state index in [0.717, 1.165) is 24.0 Å². The van der Waals surface area contributed by atoms with Gasteiger partial charge in [0.1, 0.15) is 6.79 Å². The van der Waals surface area contributed by atoms with Gasteiger partial charge in [-0.15, -0.1) is 0 Å². The molecule has 0 unspecified atom stereocenters. The minimum atomic E-state index is -0.804. The molecule has 0 aromatic carbocycles. The van der Waals surface area contributed by atoms with Crippen molar-refractivity contribution in [1.29, 1.82) is 0 Å². The number of carbonyl (C=O) groups excluding carboxylic acids is 1. The Morgan fingerprint density at radius 1 is 1.38 bits per heavy atom. The number of carbonyl (C=O) groups is 2. The average Bonchev–Trinajstić information content (AvgIpc) is 2.38. The van der Waals surface area contributed by atoms with Crippen LogP contribution in [0.4, 0.5) is 0 Å². The van der Waals surface area contributed by atoms with Gasteiger partial charge < -0.3 is 14.6 Å². The Balaban J connectivity index is 2.95. The Kier molecular flexibility index (Phi) is 7.32. The number of methoxy groups -OCH3 is 1. The fraction of sp³-hybridized carbons (Fsp3) is 0.625. The summed E-state index contributed by atoms with van der Waals surface area (Å²) in [4.78, 5) is 22.9. The van der Waals surface area contributed by atoms with Crippen LogP contribution in [0, 0.1) is 5.92 Å². The van der Waals surface area contributed by atoms with Crippen LogP contribution < -0.4 is 0 Å². The van der Waals surface area contributed by atoms with E-state index < -0.39 is 5.97 Å². The molecule has 5 nitrogen and oxygen atoms in total. The molecule has 0 amide bonds. The molecule has 1 rings (SSSR count). The molecule has 0 radical (unpaired) electrons. The number of ketones is 1. The lowest BCUT2D eigenvalue weighted by Crippen LogP contribution is -2.23. The van der Waals surface area contributed by atoms with Crippen LogP contribution in [-0.2, 0) is 19.1 Å². The van der Waals surface area contributed by atoms with E-state index in [1.807, 2.05) is 13.8 Å². The summed E-state index contributed by atoms with van der Waals surface area (Å²) < 4.78 is 10.5. The number of hydrogen-bond donors (Lipinski definition) is 1. The Bertz CT molecular complexity index is 436. The smallest absolute Gasteiger partial charge is 0.303 e. The second-order valence-corrected chi connectivity index (χ2v) is 5.58. The van der Waals surface area contributed by atoms with Gasteiger partial charge in [0.25, 0.3) is 0 Å². The number of hydrogen-bond acceptors (Lipinski definition) is 4. The topological polar surface area (TPSA) is 72.8 Å². The van der Waals surface area contributed by atoms with E-state index in [0.29, 0.717) is 6.42 Å². The highest BCUT2D eigenvalue weighted by Gasteiger charge is 2.22. The summed E-state index contributed by atoms with van der Waals surface area (Å²) in [6.07, 6.45) is 5.05. The van der Waals surface area contributed by atoms with Crippen LogP contribution in [0.1, 0.15) is 39.5 Å². The van der Waals surface area contributed by atoms with Gasteiger partial charge in [-0.25, -0.2) is 0 Å². The van der Waals surface area contributed by atoms with Crippen molar-refractivity contribution in [3.63, 3.8) is 0 Å². The van der Waals surface area contributed by atoms with Crippen molar-refractivity contribution in [1.82, 2.24) is 0 Å². The third kappa shape index (κ3) is 6.69. The molecule has 1 aliphatic rings. The van der Waals surface area contributed by atoms with Crippen molar-refractivity contribution in [2.24, 2.45) is 5.92 Å². The minimum absolute atomic E-state index is 0.0178. The Hall–Kier alpha value is -1.46. The van der Waals surface area contributed by atoms with Gasteiger partial charge in [-0.05, 0) is 56.8 Å². The van der Waals surface area contributed by atoms with E-state index >= 15 is 0 Å². The van der Waals surface area contributed by atoms with E-state index in [-0.39, 0.29) is 31.0 Å². The standard InChI is InChI=1S/C16H24O5/c1-11-4-5-13(9-16(18)19)8-15(21-10-20-3)12(2)7-14(17)6-11/h6-7,13,15H,4-5,8-10H2,1-3H3,(H,18,19)/b11-6+,12-7-/t13-,15+/m1/s1. The van der Waals surface area contributed by atoms with Gasteiger partial charge >= 0.3 is 5.97 Å². The third-order valence-electron chi connectivity index (χ3n) is 3.61. The molecule has 21 heavy (non-hydrogen) atoms. The Morgan fingerprint density at radius 2 is 2.10 bits per heavy atom. The van der Waals surface area contributed by atoms with Gasteiger partial charge in [0.05, 0.1) is 6.10 Å². The summed E-state index contributed by atoms with van der Waals surface area (Å²) in [5.74, 6) is -0.834. The molecular formula is C16H24O5. The van der Waals surface area contributed by atoms with Crippen molar-refractivity contribution in [2.45, 2.75) is 45.6 Å². The molecule has 0 aliphatic heterocycles. The number of ether oxygens (including phenoxy) is 2. The maximum absolute atomic E-state index is 11.9. The lowest BCUT2D eigenvalue weighted by molar-refractivity contribution is -0.138. The third-order valence-corrected chi connectivity index (χ3v) is 3.61. The van der Waals surface area contributed by atoms with Gasteiger partial charge in [0.15, 0.2) is 5.78 Å². The first-order valence-electron chi connectivity index (χ1n) is 7.14. The van der Waals surface area contributed by atoms with E-state index in [1.54, 1.807) is 12.2 Å². The molecule has 0 aromatic rings. The normalized spacial score (nSPS) is 29.2. The van der Waals surface area contributed by atoms with Gasteiger partial charge in [0.2, 0.25) is 0 Å². The minimum Gasteiger partial charge on any atom is -0.481 e. The quantitative estimate of drug-likeness (QED) is 0.790. The molecule has 0 fully saturated rings. The van der Waals surface area contributed by atoms with Gasteiger partial charge in [-0.2, -0.15) is 0 Å². The fourth-order valence-corrected chi connectivity index (χ4v) is 2.49. The highest BCUT2D eigenvalue weighted by atomic mass is 16.7. The fourth-order valence-electron chi connectivity index (χ4n) is 2.49. The second-order valence-electron chi connectivity index (χ2n) is 5.58. The van der Waals surface area contributed by atoms with Gasteiger partial charge in [-0.3, -0.25) is 9.59 Å². The van der Waals surface area contributed by atoms with Crippen molar-refractivity contribution in [3.05, 3.63) is 23.3 Å². The van der Waals surface area contributed by atoms with Crippen molar-refractivity contribution < 1.29 is 24.2 Å². The van der Waals surface area contributed by atoms with E-state index in [9.17, 15) is 9.59 Å². The summed E-state index contributed by atoms with van der Waals surface area (Å²) in [7, 11) is 1.53. The highest BCUT2D eigenvalue weighted by Crippen LogP contribution is 2.26. The summed E-state index contributed by atoms with van der Waals surface area (Å²) in [5, 5.41) is 9.04. The van der Waals surface area contributed by atoms with E-state index in [2.05, 4.69) is 0 Å². The van der Waals surface area contributed by atoms with Crippen LogP contribution in [0.3, 0.4) is 0 Å². The Labute approximate surface area is 125 Å². The van der Waals surface area contributed by atoms with Crippen LogP contribution in [0.5, 0.6) is 0 Å². The lowest BCUT2D eigenvalue weighted by Gasteiger charge is -2.24. The summed E-state index contributed by atoms with van der Waals surface area (Å²) in [6.45, 7) is 3.86. The Morgan fingerprint density at radius 3 is 2.71 bits per heavy atom. The monoisotopic (exact) mass is 296 g/mol. The number of aliphatic carboxylic acids is 1. The molecule has 2 atom stereocenters. The predicted octanol–water partition coefficient (Wildman–Crippen LogP) is 2.71. The van der Waals surface area contributed by atoms with Crippen molar-refractivity contribution in [3.8, 4) is 0 Å². The molecule has 0 aromatic heterocycles. The van der Waals surface area contributed by atoms with Crippen molar-refractivity contribution >= 4 is 11.8 Å². The van der Waals surface area contributed by atoms with Crippen molar-refractivity contribution in [2.75, 3.05) is 13.9 Å². The molecule has 1 N–H and O–H groups in total. The zero-order valence-corrected chi connectivity index (χ0v) is 12.9.